The second kappa shape index (κ2) is 10.2. The summed E-state index contributed by atoms with van der Waals surface area (Å²) in [7, 11) is -0.563. The highest BCUT2D eigenvalue weighted by Crippen LogP contribution is 2.27. The van der Waals surface area contributed by atoms with Crippen molar-refractivity contribution in [3.63, 3.8) is 0 Å². The molecule has 0 aliphatic heterocycles. The molecule has 0 aromatic carbocycles. The predicted molar refractivity (Wildman–Crippen MR) is 132 cm³/mol. The third kappa shape index (κ3) is 4.97. The summed E-state index contributed by atoms with van der Waals surface area (Å²) in [5.41, 5.74) is 3.48. The van der Waals surface area contributed by atoms with Crippen molar-refractivity contribution < 1.29 is 9.82 Å². The van der Waals surface area contributed by atoms with Crippen LogP contribution >= 0.6 is 11.3 Å². The van der Waals surface area contributed by atoms with Gasteiger partial charge in [0.25, 0.3) is 5.91 Å². The molecule has 4 rings (SSSR count). The van der Waals surface area contributed by atoms with E-state index in [1.165, 1.54) is 0 Å². The average Bonchev–Trinajstić information content (AvgIpc) is 3.51. The number of nitrogens with one attached hydrogen (secondary N) is 1. The van der Waals surface area contributed by atoms with Crippen LogP contribution in [-0.4, -0.2) is 61.5 Å². The minimum atomic E-state index is -0.563. The first-order valence-electron chi connectivity index (χ1n) is 11.1. The van der Waals surface area contributed by atoms with Crippen molar-refractivity contribution in [2.75, 3.05) is 13.1 Å². The number of carbonyl (C=O) groups is 1. The van der Waals surface area contributed by atoms with Crippen LogP contribution in [0.2, 0.25) is 6.82 Å². The van der Waals surface area contributed by atoms with Crippen molar-refractivity contribution in [1.82, 2.24) is 29.7 Å². The van der Waals surface area contributed by atoms with Gasteiger partial charge in [0.2, 0.25) is 0 Å². The van der Waals surface area contributed by atoms with E-state index < -0.39 is 7.05 Å². The lowest BCUT2D eigenvalue weighted by Gasteiger charge is -2.31. The van der Waals surface area contributed by atoms with Gasteiger partial charge in [-0.2, -0.15) is 5.10 Å². The van der Waals surface area contributed by atoms with Crippen LogP contribution in [-0.2, 0) is 0 Å². The van der Waals surface area contributed by atoms with Gasteiger partial charge in [0, 0.05) is 30.5 Å². The Morgan fingerprint density at radius 2 is 2.15 bits per heavy atom. The second-order valence-corrected chi connectivity index (χ2v) is 8.73. The Labute approximate surface area is 197 Å². The van der Waals surface area contributed by atoms with Gasteiger partial charge in [0.05, 0.1) is 28.0 Å². The monoisotopic (exact) mass is 462 g/mol. The Morgan fingerprint density at radius 3 is 2.85 bits per heavy atom. The number of fused-ring (bicyclic) bond motifs is 1. The molecule has 8 nitrogen and oxygen atoms in total. The topological polar surface area (TPSA) is 95.7 Å². The van der Waals surface area contributed by atoms with Gasteiger partial charge >= 0.3 is 7.05 Å². The van der Waals surface area contributed by atoms with Gasteiger partial charge in [0.15, 0.2) is 5.65 Å². The van der Waals surface area contributed by atoms with Crippen LogP contribution in [0, 0.1) is 0 Å². The Morgan fingerprint density at radius 1 is 1.30 bits per heavy atom. The Hall–Kier alpha value is -3.08. The first-order chi connectivity index (χ1) is 16.0. The molecule has 0 saturated heterocycles. The summed E-state index contributed by atoms with van der Waals surface area (Å²) in [6.07, 6.45) is 6.05. The fourth-order valence-corrected chi connectivity index (χ4v) is 4.66. The van der Waals surface area contributed by atoms with E-state index in [9.17, 15) is 9.82 Å². The summed E-state index contributed by atoms with van der Waals surface area (Å²) in [6.45, 7) is 6.96. The maximum Gasteiger partial charge on any atom is 0.376 e. The summed E-state index contributed by atoms with van der Waals surface area (Å²) < 4.78 is 1.71. The normalized spacial score (nSPS) is 12.3. The number of thiophene rings is 1. The largest absolute Gasteiger partial charge is 0.437 e. The number of likely N-dealkylation sites (N-methyl/N-ethyl adjacent to an activating group) is 1. The molecular formula is C23H27BN6O2S. The molecule has 1 amide bonds. The first kappa shape index (κ1) is 23.1. The number of rotatable bonds is 9. The SMILES string of the molecule is CC[C@@H](CNC(=O)c1ccnc(-c2cnn3ccc(-c4cccs4)nc23)c1)N(CC)B(C)O. The molecule has 1 atom stereocenters. The van der Waals surface area contributed by atoms with Crippen LogP contribution in [0.15, 0.2) is 54.3 Å². The maximum absolute atomic E-state index is 12.9. The number of carbonyl (C=O) groups excluding carboxylic acids is 1. The molecule has 0 aliphatic rings. The second-order valence-electron chi connectivity index (χ2n) is 7.78. The lowest BCUT2D eigenvalue weighted by Crippen LogP contribution is -2.49. The molecule has 0 radical (unpaired) electrons. The molecular weight excluding hydrogens is 435 g/mol. The van der Waals surface area contributed by atoms with E-state index in [1.807, 2.05) is 41.5 Å². The van der Waals surface area contributed by atoms with E-state index in [0.717, 1.165) is 22.6 Å². The Kier molecular flexibility index (Phi) is 7.17. The van der Waals surface area contributed by atoms with E-state index in [4.69, 9.17) is 4.98 Å². The molecule has 4 aromatic heterocycles. The summed E-state index contributed by atoms with van der Waals surface area (Å²) >= 11 is 1.63. The molecule has 0 spiro atoms. The van der Waals surface area contributed by atoms with E-state index in [-0.39, 0.29) is 11.9 Å². The molecule has 0 aliphatic carbocycles. The Balaban J connectivity index is 1.56. The summed E-state index contributed by atoms with van der Waals surface area (Å²) in [5.74, 6) is -0.178. The fraction of sp³-hybridized carbons (Fsp3) is 0.304. The van der Waals surface area contributed by atoms with Gasteiger partial charge in [-0.05, 0) is 49.4 Å². The lowest BCUT2D eigenvalue weighted by molar-refractivity contribution is 0.0942. The van der Waals surface area contributed by atoms with Crippen LogP contribution in [0.5, 0.6) is 0 Å². The number of nitrogens with zero attached hydrogens (tertiary/aromatic N) is 5. The van der Waals surface area contributed by atoms with E-state index in [0.29, 0.717) is 30.0 Å². The Bertz CT molecular complexity index is 1230. The molecule has 4 aromatic rings. The minimum Gasteiger partial charge on any atom is -0.437 e. The molecule has 0 saturated carbocycles. The lowest BCUT2D eigenvalue weighted by atomic mass is 9.82. The molecule has 33 heavy (non-hydrogen) atoms. The smallest absolute Gasteiger partial charge is 0.376 e. The van der Waals surface area contributed by atoms with Crippen molar-refractivity contribution >= 4 is 29.9 Å². The molecule has 10 heteroatoms. The van der Waals surface area contributed by atoms with Crippen molar-refractivity contribution in [2.24, 2.45) is 0 Å². The highest BCUT2D eigenvalue weighted by molar-refractivity contribution is 7.13. The predicted octanol–water partition coefficient (Wildman–Crippen LogP) is 3.46. The average molecular weight is 462 g/mol. The van der Waals surface area contributed by atoms with Crippen molar-refractivity contribution in [3.8, 4) is 21.8 Å². The van der Waals surface area contributed by atoms with Crippen molar-refractivity contribution in [1.29, 1.82) is 0 Å². The number of aromatic nitrogens is 4. The van der Waals surface area contributed by atoms with Crippen LogP contribution in [0.1, 0.15) is 30.6 Å². The van der Waals surface area contributed by atoms with Crippen molar-refractivity contribution in [2.45, 2.75) is 33.1 Å². The van der Waals surface area contributed by atoms with Gasteiger partial charge in [-0.15, -0.1) is 11.3 Å². The number of amides is 1. The van der Waals surface area contributed by atoms with Gasteiger partial charge < -0.3 is 15.2 Å². The molecule has 0 unspecified atom stereocenters. The van der Waals surface area contributed by atoms with E-state index in [1.54, 1.807) is 47.2 Å². The van der Waals surface area contributed by atoms with Crippen molar-refractivity contribution in [3.05, 3.63) is 59.9 Å². The summed E-state index contributed by atoms with van der Waals surface area (Å²) in [5, 5.41) is 19.4. The molecule has 0 bridgehead atoms. The standard InChI is InChI=1S/C23H27BN6O2S/c1-4-17(29(5-2)24(3)32)14-26-23(31)16-8-10-25-20(13-16)18-15-27-30-11-9-19(28-22(18)30)21-7-6-12-33-21/h6-13,15,17,32H,4-5,14H2,1-3H3,(H,26,31)/t17-/m0/s1. The number of hydrogen-bond donors (Lipinski definition) is 2. The van der Waals surface area contributed by atoms with Crippen LogP contribution < -0.4 is 5.32 Å². The molecule has 4 heterocycles. The molecule has 170 valence electrons. The van der Waals surface area contributed by atoms with Gasteiger partial charge in [-0.3, -0.25) is 9.78 Å². The van der Waals surface area contributed by atoms with Gasteiger partial charge in [-0.25, -0.2) is 9.50 Å². The third-order valence-corrected chi connectivity index (χ3v) is 6.62. The highest BCUT2D eigenvalue weighted by Gasteiger charge is 2.23. The third-order valence-electron chi connectivity index (χ3n) is 5.72. The van der Waals surface area contributed by atoms with Gasteiger partial charge in [0.1, 0.15) is 0 Å². The molecule has 2 N–H and O–H groups in total. The quantitative estimate of drug-likeness (QED) is 0.370. The summed E-state index contributed by atoms with van der Waals surface area (Å²) in [6, 6.07) is 9.48. The molecule has 0 fully saturated rings. The summed E-state index contributed by atoms with van der Waals surface area (Å²) in [4.78, 5) is 25.2. The van der Waals surface area contributed by atoms with Crippen LogP contribution in [0.25, 0.3) is 27.5 Å². The number of hydrogen-bond acceptors (Lipinski definition) is 7. The van der Waals surface area contributed by atoms with E-state index in [2.05, 4.69) is 22.3 Å². The van der Waals surface area contributed by atoms with Crippen LogP contribution in [0.3, 0.4) is 0 Å². The van der Waals surface area contributed by atoms with Gasteiger partial charge in [-0.1, -0.05) is 19.9 Å². The van der Waals surface area contributed by atoms with E-state index >= 15 is 0 Å². The highest BCUT2D eigenvalue weighted by atomic mass is 32.1. The number of pyridine rings is 1. The minimum absolute atomic E-state index is 0.0553. The zero-order chi connectivity index (χ0) is 23.4. The first-order valence-corrected chi connectivity index (χ1v) is 12.0. The van der Waals surface area contributed by atoms with Crippen LogP contribution in [0.4, 0.5) is 0 Å². The fourth-order valence-electron chi connectivity index (χ4n) is 3.97. The zero-order valence-electron chi connectivity index (χ0n) is 19.0. The maximum atomic E-state index is 12.9. The zero-order valence-corrected chi connectivity index (χ0v) is 19.8.